The number of nitrogens with one attached hydrogen (secondary N) is 1. The molecule has 0 aliphatic heterocycles. The van der Waals surface area contributed by atoms with E-state index in [9.17, 15) is 0 Å². The van der Waals surface area contributed by atoms with Crippen molar-refractivity contribution in [2.45, 2.75) is 19.9 Å². The molecule has 0 saturated heterocycles. The number of nitrogens with zero attached hydrogens (tertiary/aromatic N) is 2. The van der Waals surface area contributed by atoms with E-state index in [1.807, 2.05) is 6.07 Å². The van der Waals surface area contributed by atoms with Crippen molar-refractivity contribution in [1.29, 1.82) is 0 Å². The molecule has 0 aliphatic rings. The monoisotopic (exact) mass is 233 g/mol. The van der Waals surface area contributed by atoms with Crippen molar-refractivity contribution in [3.05, 3.63) is 36.5 Å². The molecule has 5 heteroatoms. The maximum absolute atomic E-state index is 5.42. The molecule has 0 amide bonds. The number of ether oxygens (including phenoxy) is 1. The molecule has 0 aliphatic carbocycles. The molecule has 0 unspecified atom stereocenters. The van der Waals surface area contributed by atoms with E-state index in [1.54, 1.807) is 18.6 Å². The zero-order valence-electron chi connectivity index (χ0n) is 9.72. The highest BCUT2D eigenvalue weighted by molar-refractivity contribution is 5.37. The summed E-state index contributed by atoms with van der Waals surface area (Å²) in [4.78, 5) is 8.14. The third-order valence-corrected chi connectivity index (χ3v) is 2.15. The Labute approximate surface area is 99.8 Å². The van der Waals surface area contributed by atoms with E-state index in [-0.39, 0.29) is 0 Å². The van der Waals surface area contributed by atoms with Crippen LogP contribution in [0.15, 0.2) is 35.4 Å². The Kier molecular flexibility index (Phi) is 3.96. The quantitative estimate of drug-likeness (QED) is 0.830. The fourth-order valence-corrected chi connectivity index (χ4v) is 1.31. The van der Waals surface area contributed by atoms with Crippen LogP contribution in [0.4, 0.5) is 5.82 Å². The van der Waals surface area contributed by atoms with E-state index < -0.39 is 0 Å². The summed E-state index contributed by atoms with van der Waals surface area (Å²) in [6, 6.07) is 3.69. The Morgan fingerprint density at radius 3 is 3.12 bits per heavy atom. The van der Waals surface area contributed by atoms with Crippen LogP contribution >= 0.6 is 0 Å². The van der Waals surface area contributed by atoms with Crippen LogP contribution in [0.1, 0.15) is 18.9 Å². The lowest BCUT2D eigenvalue weighted by Gasteiger charge is -2.06. The van der Waals surface area contributed by atoms with Crippen LogP contribution in [-0.4, -0.2) is 16.6 Å². The fourth-order valence-electron chi connectivity index (χ4n) is 1.31. The van der Waals surface area contributed by atoms with Gasteiger partial charge in [0.15, 0.2) is 0 Å². The predicted octanol–water partition coefficient (Wildman–Crippen LogP) is 2.47. The normalized spacial score (nSPS) is 10.2. The molecule has 1 N–H and O–H groups in total. The van der Waals surface area contributed by atoms with Crippen molar-refractivity contribution in [2.24, 2.45) is 0 Å². The van der Waals surface area contributed by atoms with E-state index >= 15 is 0 Å². The predicted molar refractivity (Wildman–Crippen MR) is 63.9 cm³/mol. The molecule has 0 spiro atoms. The lowest BCUT2D eigenvalue weighted by molar-refractivity contribution is 0.305. The summed E-state index contributed by atoms with van der Waals surface area (Å²) >= 11 is 0. The Morgan fingerprint density at radius 1 is 1.41 bits per heavy atom. The van der Waals surface area contributed by atoms with E-state index in [1.165, 1.54) is 6.33 Å². The number of hydrogen-bond acceptors (Lipinski definition) is 5. The Balaban J connectivity index is 1.91. The first-order valence-corrected chi connectivity index (χ1v) is 5.58. The van der Waals surface area contributed by atoms with Crippen molar-refractivity contribution in [3.8, 4) is 5.88 Å². The third-order valence-electron chi connectivity index (χ3n) is 2.15. The number of rotatable bonds is 6. The second kappa shape index (κ2) is 5.89. The molecular weight excluding hydrogens is 218 g/mol. The van der Waals surface area contributed by atoms with Crippen LogP contribution in [0.5, 0.6) is 5.88 Å². The van der Waals surface area contributed by atoms with Gasteiger partial charge in [-0.3, -0.25) is 0 Å². The molecule has 0 atom stereocenters. The first-order chi connectivity index (χ1) is 8.38. The Bertz CT molecular complexity index is 443. The SMILES string of the molecule is CCCOc1cc(NCc2ccoc2)ncn1. The molecule has 17 heavy (non-hydrogen) atoms. The lowest BCUT2D eigenvalue weighted by atomic mass is 10.3. The number of furan rings is 1. The number of anilines is 1. The van der Waals surface area contributed by atoms with Gasteiger partial charge in [0.25, 0.3) is 0 Å². The van der Waals surface area contributed by atoms with Gasteiger partial charge < -0.3 is 14.5 Å². The third kappa shape index (κ3) is 3.48. The van der Waals surface area contributed by atoms with Gasteiger partial charge in [0.1, 0.15) is 12.1 Å². The first-order valence-electron chi connectivity index (χ1n) is 5.58. The van der Waals surface area contributed by atoms with E-state index in [4.69, 9.17) is 9.15 Å². The van der Waals surface area contributed by atoms with Gasteiger partial charge in [0.2, 0.25) is 5.88 Å². The van der Waals surface area contributed by atoms with Crippen molar-refractivity contribution in [3.63, 3.8) is 0 Å². The Morgan fingerprint density at radius 2 is 2.35 bits per heavy atom. The van der Waals surface area contributed by atoms with Crippen LogP contribution < -0.4 is 10.1 Å². The van der Waals surface area contributed by atoms with Crippen LogP contribution in [0.2, 0.25) is 0 Å². The summed E-state index contributed by atoms with van der Waals surface area (Å²) < 4.78 is 10.4. The maximum atomic E-state index is 5.42. The number of hydrogen-bond donors (Lipinski definition) is 1. The summed E-state index contributed by atoms with van der Waals surface area (Å²) in [7, 11) is 0. The van der Waals surface area contributed by atoms with E-state index in [0.717, 1.165) is 17.8 Å². The molecule has 90 valence electrons. The van der Waals surface area contributed by atoms with E-state index in [0.29, 0.717) is 19.0 Å². The van der Waals surface area contributed by atoms with Crippen molar-refractivity contribution < 1.29 is 9.15 Å². The lowest BCUT2D eigenvalue weighted by Crippen LogP contribution is -2.03. The molecule has 2 rings (SSSR count). The summed E-state index contributed by atoms with van der Waals surface area (Å²) in [5.41, 5.74) is 1.07. The van der Waals surface area contributed by atoms with Gasteiger partial charge in [-0.2, -0.15) is 0 Å². The highest BCUT2D eigenvalue weighted by Gasteiger charge is 2.00. The summed E-state index contributed by atoms with van der Waals surface area (Å²) in [5, 5.41) is 3.17. The average Bonchev–Trinajstić information content (AvgIpc) is 2.87. The van der Waals surface area contributed by atoms with Gasteiger partial charge in [-0.25, -0.2) is 9.97 Å². The van der Waals surface area contributed by atoms with Crippen molar-refractivity contribution >= 4 is 5.82 Å². The van der Waals surface area contributed by atoms with Crippen LogP contribution in [-0.2, 0) is 6.54 Å². The van der Waals surface area contributed by atoms with E-state index in [2.05, 4.69) is 22.2 Å². The molecular formula is C12H15N3O2. The molecule has 0 fully saturated rings. The Hall–Kier alpha value is -2.04. The van der Waals surface area contributed by atoms with Gasteiger partial charge in [-0.05, 0) is 12.5 Å². The highest BCUT2D eigenvalue weighted by atomic mass is 16.5. The molecule has 0 aromatic carbocycles. The smallest absolute Gasteiger partial charge is 0.218 e. The molecule has 5 nitrogen and oxygen atoms in total. The van der Waals surface area contributed by atoms with Crippen LogP contribution in [0.25, 0.3) is 0 Å². The highest BCUT2D eigenvalue weighted by Crippen LogP contribution is 2.12. The van der Waals surface area contributed by atoms with Gasteiger partial charge in [0.05, 0.1) is 19.1 Å². The summed E-state index contributed by atoms with van der Waals surface area (Å²) in [5.74, 6) is 1.34. The number of aromatic nitrogens is 2. The minimum absolute atomic E-state index is 0.594. The van der Waals surface area contributed by atoms with Crippen LogP contribution in [0, 0.1) is 0 Å². The summed E-state index contributed by atoms with van der Waals surface area (Å²) in [6.45, 7) is 3.39. The molecule has 2 aromatic heterocycles. The molecule has 0 saturated carbocycles. The fraction of sp³-hybridized carbons (Fsp3) is 0.333. The largest absolute Gasteiger partial charge is 0.478 e. The molecule has 2 aromatic rings. The second-order valence-corrected chi connectivity index (χ2v) is 3.58. The van der Waals surface area contributed by atoms with Gasteiger partial charge in [0, 0.05) is 18.2 Å². The second-order valence-electron chi connectivity index (χ2n) is 3.58. The van der Waals surface area contributed by atoms with Crippen molar-refractivity contribution in [2.75, 3.05) is 11.9 Å². The minimum atomic E-state index is 0.594. The van der Waals surface area contributed by atoms with Crippen LogP contribution in [0.3, 0.4) is 0 Å². The molecule has 2 heterocycles. The molecule has 0 bridgehead atoms. The maximum Gasteiger partial charge on any atom is 0.218 e. The average molecular weight is 233 g/mol. The van der Waals surface area contributed by atoms with Gasteiger partial charge >= 0.3 is 0 Å². The first kappa shape index (κ1) is 11.4. The topological polar surface area (TPSA) is 60.2 Å². The zero-order chi connectivity index (χ0) is 11.9. The van der Waals surface area contributed by atoms with Gasteiger partial charge in [-0.15, -0.1) is 0 Å². The zero-order valence-corrected chi connectivity index (χ0v) is 9.72. The summed E-state index contributed by atoms with van der Waals surface area (Å²) in [6.07, 6.45) is 5.79. The standard InChI is InChI=1S/C12H15N3O2/c1-2-4-17-12-6-11(14-9-15-12)13-7-10-3-5-16-8-10/h3,5-6,8-9H,2,4,7H2,1H3,(H,13,14,15). The van der Waals surface area contributed by atoms with Gasteiger partial charge in [-0.1, -0.05) is 6.92 Å². The minimum Gasteiger partial charge on any atom is -0.478 e. The molecule has 0 radical (unpaired) electrons. The van der Waals surface area contributed by atoms with Crippen molar-refractivity contribution in [1.82, 2.24) is 9.97 Å².